The Kier molecular flexibility index (Phi) is 6.24. The predicted octanol–water partition coefficient (Wildman–Crippen LogP) is 4.13. The van der Waals surface area contributed by atoms with Crippen LogP contribution in [0.2, 0.25) is 0 Å². The van der Waals surface area contributed by atoms with E-state index in [1.807, 2.05) is 24.1 Å². The lowest BCUT2D eigenvalue weighted by Gasteiger charge is -2.21. The Hall–Kier alpha value is -2.52. The number of amides is 2. The number of anilines is 1. The maximum atomic E-state index is 13.8. The SMILES string of the molecule is Cc1cc(N[C@H](C)C2CC2)ncc1-c1sc(C(=O)N[C@H]2CC[C@H](O)C2)nc1C(=O)N1C2CCC1CC2. The van der Waals surface area contributed by atoms with Crippen LogP contribution >= 0.6 is 11.3 Å². The lowest BCUT2D eigenvalue weighted by molar-refractivity contribution is 0.0725. The zero-order valence-corrected chi connectivity index (χ0v) is 21.8. The minimum absolute atomic E-state index is 0.0596. The molecule has 36 heavy (non-hydrogen) atoms. The van der Waals surface area contributed by atoms with Crippen LogP contribution in [0.5, 0.6) is 0 Å². The van der Waals surface area contributed by atoms with Crippen LogP contribution in [0.4, 0.5) is 5.82 Å². The van der Waals surface area contributed by atoms with E-state index >= 15 is 0 Å². The molecule has 2 amide bonds. The molecule has 2 aliphatic heterocycles. The molecule has 8 nitrogen and oxygen atoms in total. The van der Waals surface area contributed by atoms with Gasteiger partial charge in [-0.15, -0.1) is 11.3 Å². The summed E-state index contributed by atoms with van der Waals surface area (Å²) in [6, 6.07) is 2.92. The molecule has 192 valence electrons. The number of fused-ring (bicyclic) bond motifs is 2. The summed E-state index contributed by atoms with van der Waals surface area (Å²) in [4.78, 5) is 39.0. The van der Waals surface area contributed by atoms with Crippen molar-refractivity contribution in [3.63, 3.8) is 0 Å². The van der Waals surface area contributed by atoms with Gasteiger partial charge in [0.1, 0.15) is 11.5 Å². The van der Waals surface area contributed by atoms with Gasteiger partial charge in [0.05, 0.1) is 11.0 Å². The van der Waals surface area contributed by atoms with E-state index in [-0.39, 0.29) is 36.0 Å². The van der Waals surface area contributed by atoms with E-state index in [2.05, 4.69) is 27.5 Å². The maximum Gasteiger partial charge on any atom is 0.280 e. The van der Waals surface area contributed by atoms with Crippen molar-refractivity contribution in [2.45, 2.75) is 102 Å². The fourth-order valence-corrected chi connectivity index (χ4v) is 7.30. The molecule has 4 fully saturated rings. The molecule has 2 aromatic heterocycles. The number of aliphatic hydroxyl groups excluding tert-OH is 1. The summed E-state index contributed by atoms with van der Waals surface area (Å²) in [5.74, 6) is 1.22. The molecule has 0 spiro atoms. The monoisotopic (exact) mass is 509 g/mol. The number of rotatable bonds is 7. The minimum atomic E-state index is -0.367. The number of carbonyl (C=O) groups is 2. The number of hydrogen-bond donors (Lipinski definition) is 3. The lowest BCUT2D eigenvalue weighted by Crippen LogP contribution is -2.36. The second-order valence-electron chi connectivity index (χ2n) is 11.2. The number of aryl methyl sites for hydroxylation is 1. The molecule has 3 N–H and O–H groups in total. The van der Waals surface area contributed by atoms with Gasteiger partial charge < -0.3 is 20.6 Å². The fraction of sp³-hybridized carbons (Fsp3) is 0.630. The number of hydrogen-bond acceptors (Lipinski definition) is 7. The second kappa shape index (κ2) is 9.41. The Labute approximate surface area is 215 Å². The summed E-state index contributed by atoms with van der Waals surface area (Å²) in [6.45, 7) is 4.22. The van der Waals surface area contributed by atoms with Gasteiger partial charge in [-0.3, -0.25) is 9.59 Å². The third-order valence-electron chi connectivity index (χ3n) is 8.51. The van der Waals surface area contributed by atoms with Gasteiger partial charge in [0, 0.05) is 35.9 Å². The van der Waals surface area contributed by atoms with Crippen LogP contribution in [0, 0.1) is 12.8 Å². The molecule has 4 aliphatic rings. The van der Waals surface area contributed by atoms with Gasteiger partial charge in [-0.25, -0.2) is 9.97 Å². The van der Waals surface area contributed by atoms with Crippen LogP contribution in [0.25, 0.3) is 10.4 Å². The van der Waals surface area contributed by atoms with Crippen molar-refractivity contribution >= 4 is 29.0 Å². The first-order valence-corrected chi connectivity index (χ1v) is 14.2. The number of pyridine rings is 1. The summed E-state index contributed by atoms with van der Waals surface area (Å²) in [7, 11) is 0. The van der Waals surface area contributed by atoms with Crippen LogP contribution in [0.1, 0.15) is 90.6 Å². The predicted molar refractivity (Wildman–Crippen MR) is 139 cm³/mol. The third-order valence-corrected chi connectivity index (χ3v) is 9.60. The van der Waals surface area contributed by atoms with Crippen LogP contribution in [-0.2, 0) is 0 Å². The average molecular weight is 510 g/mol. The Morgan fingerprint density at radius 1 is 1.11 bits per heavy atom. The first-order valence-electron chi connectivity index (χ1n) is 13.4. The van der Waals surface area contributed by atoms with E-state index < -0.39 is 0 Å². The topological polar surface area (TPSA) is 107 Å². The van der Waals surface area contributed by atoms with Crippen molar-refractivity contribution in [2.75, 3.05) is 5.32 Å². The number of aromatic nitrogens is 2. The normalized spacial score (nSPS) is 27.9. The van der Waals surface area contributed by atoms with Crippen molar-refractivity contribution in [3.8, 4) is 10.4 Å². The van der Waals surface area contributed by atoms with Crippen LogP contribution < -0.4 is 10.6 Å². The van der Waals surface area contributed by atoms with Crippen molar-refractivity contribution < 1.29 is 14.7 Å². The first kappa shape index (κ1) is 23.9. The molecule has 0 unspecified atom stereocenters. The number of thiazole rings is 1. The van der Waals surface area contributed by atoms with E-state index in [1.54, 1.807) is 0 Å². The van der Waals surface area contributed by atoms with Crippen molar-refractivity contribution in [2.24, 2.45) is 5.92 Å². The van der Waals surface area contributed by atoms with E-state index in [4.69, 9.17) is 0 Å². The molecular formula is C27H35N5O3S. The molecule has 6 rings (SSSR count). The second-order valence-corrected chi connectivity index (χ2v) is 12.2. The largest absolute Gasteiger partial charge is 0.393 e. The van der Waals surface area contributed by atoms with Crippen LogP contribution in [0.15, 0.2) is 12.3 Å². The van der Waals surface area contributed by atoms with E-state index in [1.165, 1.54) is 24.2 Å². The highest BCUT2D eigenvalue weighted by Crippen LogP contribution is 2.41. The molecule has 3 atom stereocenters. The Morgan fingerprint density at radius 2 is 1.83 bits per heavy atom. The van der Waals surface area contributed by atoms with Gasteiger partial charge in [0.15, 0.2) is 5.01 Å². The van der Waals surface area contributed by atoms with Crippen LogP contribution in [0.3, 0.4) is 0 Å². The summed E-state index contributed by atoms with van der Waals surface area (Å²) in [5.41, 5.74) is 2.22. The number of aliphatic hydroxyl groups is 1. The summed E-state index contributed by atoms with van der Waals surface area (Å²) >= 11 is 1.27. The van der Waals surface area contributed by atoms with Gasteiger partial charge in [0.2, 0.25) is 0 Å². The molecule has 2 bridgehead atoms. The Balaban J connectivity index is 1.31. The highest BCUT2D eigenvalue weighted by molar-refractivity contribution is 7.17. The Bertz CT molecular complexity index is 1160. The molecule has 2 aromatic rings. The molecule has 2 saturated heterocycles. The number of nitrogens with one attached hydrogen (secondary N) is 2. The lowest BCUT2D eigenvalue weighted by atomic mass is 10.0. The van der Waals surface area contributed by atoms with Gasteiger partial charge in [-0.05, 0) is 89.2 Å². The molecule has 4 heterocycles. The first-order chi connectivity index (χ1) is 17.4. The zero-order chi connectivity index (χ0) is 25.0. The highest BCUT2D eigenvalue weighted by atomic mass is 32.1. The third kappa shape index (κ3) is 4.52. The van der Waals surface area contributed by atoms with Crippen molar-refractivity contribution in [3.05, 3.63) is 28.5 Å². The minimum Gasteiger partial charge on any atom is -0.393 e. The molecule has 9 heteroatoms. The molecule has 0 aromatic carbocycles. The summed E-state index contributed by atoms with van der Waals surface area (Å²) in [5, 5.41) is 16.7. The number of carbonyl (C=O) groups excluding carboxylic acids is 2. The average Bonchev–Trinajstić information content (AvgIpc) is 3.16. The maximum absolute atomic E-state index is 13.8. The van der Waals surface area contributed by atoms with Gasteiger partial charge in [-0.2, -0.15) is 0 Å². The Morgan fingerprint density at radius 3 is 2.44 bits per heavy atom. The fourth-order valence-electron chi connectivity index (χ4n) is 6.27. The van der Waals surface area contributed by atoms with Gasteiger partial charge >= 0.3 is 0 Å². The number of nitrogens with zero attached hydrogens (tertiary/aromatic N) is 3. The van der Waals surface area contributed by atoms with E-state index in [0.717, 1.165) is 59.8 Å². The van der Waals surface area contributed by atoms with Crippen molar-refractivity contribution in [1.82, 2.24) is 20.2 Å². The molecular weight excluding hydrogens is 474 g/mol. The zero-order valence-electron chi connectivity index (χ0n) is 21.0. The molecule has 2 aliphatic carbocycles. The highest BCUT2D eigenvalue weighted by Gasteiger charge is 2.44. The van der Waals surface area contributed by atoms with E-state index in [0.29, 0.717) is 29.6 Å². The summed E-state index contributed by atoms with van der Waals surface area (Å²) in [6.07, 6.45) is 10.2. The molecule has 2 saturated carbocycles. The quantitative estimate of drug-likeness (QED) is 0.518. The van der Waals surface area contributed by atoms with Crippen molar-refractivity contribution in [1.29, 1.82) is 0 Å². The summed E-state index contributed by atoms with van der Waals surface area (Å²) < 4.78 is 0. The van der Waals surface area contributed by atoms with Gasteiger partial charge in [-0.1, -0.05) is 0 Å². The standard InChI is InChI=1S/C27H35N5O3S/c1-14-11-22(29-15(2)16-3-4-16)28-13-21(14)24-23(27(35)32-18-6-7-19(32)9-8-18)31-26(36-24)25(34)30-17-5-10-20(33)12-17/h11,13,15-20,33H,3-10,12H2,1-2H3,(H,28,29)(H,30,34)/t15-,17+,18?,19?,20+/m1/s1. The van der Waals surface area contributed by atoms with Crippen LogP contribution in [-0.4, -0.2) is 62.1 Å². The van der Waals surface area contributed by atoms with Gasteiger partial charge in [0.25, 0.3) is 11.8 Å². The smallest absolute Gasteiger partial charge is 0.280 e. The van der Waals surface area contributed by atoms with E-state index in [9.17, 15) is 14.7 Å². The molecule has 0 radical (unpaired) electrons.